The van der Waals surface area contributed by atoms with Crippen molar-refractivity contribution in [3.05, 3.63) is 65.7 Å². The molecular weight excluding hydrogens is 292 g/mol. The van der Waals surface area contributed by atoms with Gasteiger partial charge in [-0.2, -0.15) is 0 Å². The average molecular weight is 310 g/mol. The van der Waals surface area contributed by atoms with Gasteiger partial charge in [-0.25, -0.2) is 0 Å². The lowest BCUT2D eigenvalue weighted by Gasteiger charge is -2.06. The number of Topliss-reactive ketones (excluding diaryl/α,β-unsaturated/α-hetero) is 1. The third-order valence-corrected chi connectivity index (χ3v) is 3.36. The number of primary amides is 1. The largest absolute Gasteiger partial charge is 0.366 e. The molecule has 0 saturated heterocycles. The SMILES string of the molecule is NC(=O)c1ccc(NC(=O)CCCC(=O)c2ccccc2)cc1. The van der Waals surface area contributed by atoms with Crippen molar-refractivity contribution in [2.75, 3.05) is 5.32 Å². The van der Waals surface area contributed by atoms with Crippen LogP contribution in [0.2, 0.25) is 0 Å². The zero-order valence-electron chi connectivity index (χ0n) is 12.6. The number of anilines is 1. The number of hydrogen-bond donors (Lipinski definition) is 2. The number of carbonyl (C=O) groups excluding carboxylic acids is 3. The van der Waals surface area contributed by atoms with Crippen LogP contribution in [0, 0.1) is 0 Å². The molecule has 0 aromatic heterocycles. The van der Waals surface area contributed by atoms with E-state index in [9.17, 15) is 14.4 Å². The van der Waals surface area contributed by atoms with Crippen LogP contribution in [0.1, 0.15) is 40.0 Å². The molecule has 5 heteroatoms. The summed E-state index contributed by atoms with van der Waals surface area (Å²) < 4.78 is 0. The van der Waals surface area contributed by atoms with E-state index in [4.69, 9.17) is 5.73 Å². The quantitative estimate of drug-likeness (QED) is 0.771. The molecule has 3 N–H and O–H groups in total. The maximum absolute atomic E-state index is 11.9. The van der Waals surface area contributed by atoms with E-state index in [1.54, 1.807) is 36.4 Å². The Hall–Kier alpha value is -2.95. The van der Waals surface area contributed by atoms with Gasteiger partial charge in [0.25, 0.3) is 0 Å². The second-order valence-corrected chi connectivity index (χ2v) is 5.13. The molecule has 2 aromatic rings. The minimum Gasteiger partial charge on any atom is -0.366 e. The number of ketones is 1. The predicted octanol–water partition coefficient (Wildman–Crippen LogP) is 2.78. The first-order chi connectivity index (χ1) is 11.1. The van der Waals surface area contributed by atoms with Crippen molar-refractivity contribution in [3.63, 3.8) is 0 Å². The summed E-state index contributed by atoms with van der Waals surface area (Å²) in [5, 5.41) is 2.72. The van der Waals surface area contributed by atoms with Crippen LogP contribution in [-0.2, 0) is 4.79 Å². The van der Waals surface area contributed by atoms with Crippen molar-refractivity contribution in [3.8, 4) is 0 Å². The standard InChI is InChI=1S/C18H18N2O3/c19-18(23)14-9-11-15(12-10-14)20-17(22)8-4-7-16(21)13-5-2-1-3-6-13/h1-3,5-6,9-12H,4,7-8H2,(H2,19,23)(H,20,22). The Labute approximate surface area is 134 Å². The van der Waals surface area contributed by atoms with Gasteiger partial charge in [0.05, 0.1) is 0 Å². The minimum absolute atomic E-state index is 0.0317. The van der Waals surface area contributed by atoms with Gasteiger partial charge < -0.3 is 11.1 Å². The predicted molar refractivity (Wildman–Crippen MR) is 88.2 cm³/mol. The minimum atomic E-state index is -0.512. The molecular formula is C18H18N2O3. The van der Waals surface area contributed by atoms with Gasteiger partial charge in [-0.05, 0) is 30.7 Å². The van der Waals surface area contributed by atoms with E-state index < -0.39 is 5.91 Å². The first kappa shape index (κ1) is 16.4. The van der Waals surface area contributed by atoms with Crippen LogP contribution < -0.4 is 11.1 Å². The van der Waals surface area contributed by atoms with Crippen molar-refractivity contribution in [1.29, 1.82) is 0 Å². The molecule has 0 radical (unpaired) electrons. The Balaban J connectivity index is 1.77. The molecule has 118 valence electrons. The van der Waals surface area contributed by atoms with Crippen LogP contribution in [0.25, 0.3) is 0 Å². The smallest absolute Gasteiger partial charge is 0.248 e. The number of hydrogen-bond acceptors (Lipinski definition) is 3. The second-order valence-electron chi connectivity index (χ2n) is 5.13. The van der Waals surface area contributed by atoms with Crippen LogP contribution in [0.3, 0.4) is 0 Å². The molecule has 0 heterocycles. The number of benzene rings is 2. The number of nitrogens with one attached hydrogen (secondary N) is 1. The lowest BCUT2D eigenvalue weighted by molar-refractivity contribution is -0.116. The lowest BCUT2D eigenvalue weighted by atomic mass is 10.1. The molecule has 5 nitrogen and oxygen atoms in total. The highest BCUT2D eigenvalue weighted by Crippen LogP contribution is 2.11. The van der Waals surface area contributed by atoms with E-state index in [0.717, 1.165) is 0 Å². The fraction of sp³-hybridized carbons (Fsp3) is 0.167. The van der Waals surface area contributed by atoms with Gasteiger partial charge in [0.15, 0.2) is 5.78 Å². The van der Waals surface area contributed by atoms with Gasteiger partial charge in [-0.15, -0.1) is 0 Å². The van der Waals surface area contributed by atoms with Crippen LogP contribution in [0.15, 0.2) is 54.6 Å². The van der Waals surface area contributed by atoms with Crippen LogP contribution in [-0.4, -0.2) is 17.6 Å². The maximum atomic E-state index is 11.9. The summed E-state index contributed by atoms with van der Waals surface area (Å²) in [7, 11) is 0. The van der Waals surface area contributed by atoms with Crippen molar-refractivity contribution in [2.24, 2.45) is 5.73 Å². The second kappa shape index (κ2) is 7.89. The molecule has 0 aliphatic carbocycles. The maximum Gasteiger partial charge on any atom is 0.248 e. The Kier molecular flexibility index (Phi) is 5.63. The summed E-state index contributed by atoms with van der Waals surface area (Å²) in [6, 6.07) is 15.4. The third kappa shape index (κ3) is 5.07. The van der Waals surface area contributed by atoms with Gasteiger partial charge in [0.1, 0.15) is 0 Å². The Morgan fingerprint density at radius 2 is 1.48 bits per heavy atom. The molecule has 0 saturated carbocycles. The lowest BCUT2D eigenvalue weighted by Crippen LogP contribution is -2.13. The number of rotatable bonds is 7. The summed E-state index contributed by atoms with van der Waals surface area (Å²) in [4.78, 5) is 34.7. The van der Waals surface area contributed by atoms with E-state index in [-0.39, 0.29) is 18.1 Å². The Morgan fingerprint density at radius 1 is 0.826 bits per heavy atom. The monoisotopic (exact) mass is 310 g/mol. The zero-order chi connectivity index (χ0) is 16.7. The van der Waals surface area contributed by atoms with E-state index in [1.807, 2.05) is 18.2 Å². The zero-order valence-corrected chi connectivity index (χ0v) is 12.6. The van der Waals surface area contributed by atoms with Crippen molar-refractivity contribution < 1.29 is 14.4 Å². The first-order valence-electron chi connectivity index (χ1n) is 7.34. The molecule has 2 amide bonds. The van der Waals surface area contributed by atoms with E-state index >= 15 is 0 Å². The third-order valence-electron chi connectivity index (χ3n) is 3.36. The fourth-order valence-electron chi connectivity index (χ4n) is 2.12. The highest BCUT2D eigenvalue weighted by molar-refractivity contribution is 5.97. The molecule has 2 rings (SSSR count). The number of amides is 2. The topological polar surface area (TPSA) is 89.3 Å². The molecule has 0 unspecified atom stereocenters. The molecule has 2 aromatic carbocycles. The normalized spacial score (nSPS) is 10.1. The van der Waals surface area contributed by atoms with Gasteiger partial charge in [0.2, 0.25) is 11.8 Å². The Bertz CT molecular complexity index is 694. The number of nitrogens with two attached hydrogens (primary N) is 1. The van der Waals surface area contributed by atoms with E-state index in [2.05, 4.69) is 5.32 Å². The van der Waals surface area contributed by atoms with E-state index in [0.29, 0.717) is 29.7 Å². The summed E-state index contributed by atoms with van der Waals surface area (Å²) in [5.74, 6) is -0.649. The van der Waals surface area contributed by atoms with Gasteiger partial charge in [0, 0.05) is 29.7 Å². The highest BCUT2D eigenvalue weighted by atomic mass is 16.2. The molecule has 0 aliphatic heterocycles. The molecule has 0 atom stereocenters. The molecule has 0 fully saturated rings. The molecule has 23 heavy (non-hydrogen) atoms. The average Bonchev–Trinajstić information content (AvgIpc) is 2.56. The highest BCUT2D eigenvalue weighted by Gasteiger charge is 2.08. The molecule has 0 spiro atoms. The summed E-state index contributed by atoms with van der Waals surface area (Å²) >= 11 is 0. The fourth-order valence-corrected chi connectivity index (χ4v) is 2.12. The van der Waals surface area contributed by atoms with Crippen LogP contribution in [0.5, 0.6) is 0 Å². The van der Waals surface area contributed by atoms with Crippen molar-refractivity contribution >= 4 is 23.3 Å². The van der Waals surface area contributed by atoms with Crippen LogP contribution >= 0.6 is 0 Å². The number of carbonyl (C=O) groups is 3. The van der Waals surface area contributed by atoms with E-state index in [1.165, 1.54) is 0 Å². The summed E-state index contributed by atoms with van der Waals surface area (Å²) in [6.07, 6.45) is 1.08. The first-order valence-corrected chi connectivity index (χ1v) is 7.34. The van der Waals surface area contributed by atoms with Crippen molar-refractivity contribution in [1.82, 2.24) is 0 Å². The Morgan fingerprint density at radius 3 is 2.09 bits per heavy atom. The van der Waals surface area contributed by atoms with Crippen molar-refractivity contribution in [2.45, 2.75) is 19.3 Å². The van der Waals surface area contributed by atoms with Gasteiger partial charge in [-0.1, -0.05) is 30.3 Å². The van der Waals surface area contributed by atoms with Gasteiger partial charge in [-0.3, -0.25) is 14.4 Å². The molecule has 0 aliphatic rings. The van der Waals surface area contributed by atoms with Gasteiger partial charge >= 0.3 is 0 Å². The summed E-state index contributed by atoms with van der Waals surface area (Å²) in [5.41, 5.74) is 6.79. The van der Waals surface area contributed by atoms with Crippen LogP contribution in [0.4, 0.5) is 5.69 Å². The summed E-state index contributed by atoms with van der Waals surface area (Å²) in [6.45, 7) is 0. The molecule has 0 bridgehead atoms.